The van der Waals surface area contributed by atoms with Crippen LogP contribution in [0.5, 0.6) is 0 Å². The molecule has 0 aliphatic carbocycles. The number of fused-ring (bicyclic) bond motifs is 1. The minimum atomic E-state index is -4.16. The Labute approximate surface area is 107 Å². The van der Waals surface area contributed by atoms with Gasteiger partial charge in [0, 0.05) is 5.39 Å². The van der Waals surface area contributed by atoms with Crippen molar-refractivity contribution >= 4 is 20.9 Å². The van der Waals surface area contributed by atoms with Gasteiger partial charge in [0.05, 0.1) is 0 Å². The summed E-state index contributed by atoms with van der Waals surface area (Å²) < 4.78 is 31.7. The van der Waals surface area contributed by atoms with E-state index in [9.17, 15) is 8.42 Å². The minimum absolute atomic E-state index is 0.0259. The molecule has 2 rings (SSSR count). The highest BCUT2D eigenvalue weighted by molar-refractivity contribution is 7.86. The normalized spacial score (nSPS) is 11.9. The molecule has 0 bridgehead atoms. The van der Waals surface area contributed by atoms with E-state index in [1.54, 1.807) is 12.1 Å². The summed E-state index contributed by atoms with van der Waals surface area (Å²) in [4.78, 5) is -0.0259. The van der Waals surface area contributed by atoms with Crippen LogP contribution in [0.4, 0.5) is 0 Å². The first-order valence-corrected chi connectivity index (χ1v) is 7.45. The van der Waals surface area contributed by atoms with E-state index >= 15 is 0 Å². The molecule has 0 saturated heterocycles. The summed E-state index contributed by atoms with van der Waals surface area (Å²) in [6.45, 7) is 2.14. The molecule has 2 aromatic carbocycles. The SMILES string of the molecule is CCCCc1ccc2c(S(=O)(=O)O)cccc2c1. The third-order valence-electron chi connectivity index (χ3n) is 3.00. The molecule has 0 heterocycles. The maximum atomic E-state index is 11.3. The second-order valence-corrected chi connectivity index (χ2v) is 5.78. The van der Waals surface area contributed by atoms with E-state index in [4.69, 9.17) is 4.55 Å². The van der Waals surface area contributed by atoms with Gasteiger partial charge in [-0.15, -0.1) is 0 Å². The van der Waals surface area contributed by atoms with Gasteiger partial charge in [0.15, 0.2) is 0 Å². The molecule has 0 aliphatic rings. The van der Waals surface area contributed by atoms with Crippen LogP contribution in [0, 0.1) is 0 Å². The molecule has 0 radical (unpaired) electrons. The fraction of sp³-hybridized carbons (Fsp3) is 0.286. The van der Waals surface area contributed by atoms with Gasteiger partial charge in [-0.2, -0.15) is 8.42 Å². The molecule has 18 heavy (non-hydrogen) atoms. The number of hydrogen-bond acceptors (Lipinski definition) is 2. The Balaban J connectivity index is 2.54. The van der Waals surface area contributed by atoms with Crippen LogP contribution in [0.3, 0.4) is 0 Å². The molecule has 0 aliphatic heterocycles. The Morgan fingerprint density at radius 1 is 1.17 bits per heavy atom. The highest BCUT2D eigenvalue weighted by Gasteiger charge is 2.13. The highest BCUT2D eigenvalue weighted by Crippen LogP contribution is 2.24. The molecule has 96 valence electrons. The first-order valence-electron chi connectivity index (χ1n) is 6.01. The molecule has 0 spiro atoms. The molecule has 0 saturated carbocycles. The van der Waals surface area contributed by atoms with E-state index in [2.05, 4.69) is 6.92 Å². The highest BCUT2D eigenvalue weighted by atomic mass is 32.2. The monoisotopic (exact) mass is 264 g/mol. The van der Waals surface area contributed by atoms with E-state index < -0.39 is 10.1 Å². The minimum Gasteiger partial charge on any atom is -0.282 e. The van der Waals surface area contributed by atoms with Crippen LogP contribution in [0.15, 0.2) is 41.3 Å². The van der Waals surface area contributed by atoms with Crippen LogP contribution in [0.2, 0.25) is 0 Å². The lowest BCUT2D eigenvalue weighted by molar-refractivity contribution is 0.484. The molecule has 4 heteroatoms. The molecule has 0 amide bonds. The van der Waals surface area contributed by atoms with Crippen molar-refractivity contribution in [2.24, 2.45) is 0 Å². The smallest absolute Gasteiger partial charge is 0.282 e. The predicted molar refractivity (Wildman–Crippen MR) is 72.4 cm³/mol. The number of hydrogen-bond donors (Lipinski definition) is 1. The largest absolute Gasteiger partial charge is 0.295 e. The van der Waals surface area contributed by atoms with E-state index in [1.807, 2.05) is 18.2 Å². The van der Waals surface area contributed by atoms with Crippen molar-refractivity contribution in [3.8, 4) is 0 Å². The van der Waals surface area contributed by atoms with Crippen LogP contribution in [-0.2, 0) is 16.5 Å². The van der Waals surface area contributed by atoms with Crippen molar-refractivity contribution in [2.45, 2.75) is 31.1 Å². The lowest BCUT2D eigenvalue weighted by Gasteiger charge is -2.06. The Morgan fingerprint density at radius 2 is 1.94 bits per heavy atom. The maximum Gasteiger partial charge on any atom is 0.295 e. The van der Waals surface area contributed by atoms with Gasteiger partial charge in [-0.1, -0.05) is 43.7 Å². The van der Waals surface area contributed by atoms with Gasteiger partial charge in [0.2, 0.25) is 0 Å². The summed E-state index contributed by atoms with van der Waals surface area (Å²) in [5.74, 6) is 0. The van der Waals surface area contributed by atoms with E-state index in [0.717, 1.165) is 24.6 Å². The second kappa shape index (κ2) is 5.08. The van der Waals surface area contributed by atoms with Crippen molar-refractivity contribution in [1.82, 2.24) is 0 Å². The number of benzene rings is 2. The van der Waals surface area contributed by atoms with Gasteiger partial charge in [0.25, 0.3) is 10.1 Å². The molecule has 0 unspecified atom stereocenters. The lowest BCUT2D eigenvalue weighted by Crippen LogP contribution is -1.99. The zero-order valence-corrected chi connectivity index (χ0v) is 11.1. The molecule has 2 aromatic rings. The zero-order chi connectivity index (χ0) is 13.2. The fourth-order valence-electron chi connectivity index (χ4n) is 2.06. The lowest BCUT2D eigenvalue weighted by atomic mass is 10.0. The summed E-state index contributed by atoms with van der Waals surface area (Å²) in [7, 11) is -4.16. The Hall–Kier alpha value is -1.39. The number of unbranched alkanes of at least 4 members (excludes halogenated alkanes) is 1. The van der Waals surface area contributed by atoms with Crippen LogP contribution in [0.1, 0.15) is 25.3 Å². The summed E-state index contributed by atoms with van der Waals surface area (Å²) in [5.41, 5.74) is 1.19. The summed E-state index contributed by atoms with van der Waals surface area (Å²) in [5, 5.41) is 1.42. The first-order chi connectivity index (χ1) is 8.52. The van der Waals surface area contributed by atoms with E-state index in [1.165, 1.54) is 11.6 Å². The van der Waals surface area contributed by atoms with Crippen LogP contribution in [0.25, 0.3) is 10.8 Å². The van der Waals surface area contributed by atoms with Crippen molar-refractivity contribution in [1.29, 1.82) is 0 Å². The Kier molecular flexibility index (Phi) is 3.68. The van der Waals surface area contributed by atoms with Crippen molar-refractivity contribution < 1.29 is 13.0 Å². The molecule has 0 aromatic heterocycles. The maximum absolute atomic E-state index is 11.3. The molecule has 0 fully saturated rings. The zero-order valence-electron chi connectivity index (χ0n) is 10.3. The van der Waals surface area contributed by atoms with Gasteiger partial charge in [-0.25, -0.2) is 0 Å². The summed E-state index contributed by atoms with van der Waals surface area (Å²) in [6, 6.07) is 10.6. The average molecular weight is 264 g/mol. The standard InChI is InChI=1S/C14H16O3S/c1-2-3-5-11-8-9-13-12(10-11)6-4-7-14(13)18(15,16)17/h4,6-10H,2-3,5H2,1H3,(H,15,16,17). The van der Waals surface area contributed by atoms with Crippen LogP contribution < -0.4 is 0 Å². The van der Waals surface area contributed by atoms with Gasteiger partial charge in [-0.3, -0.25) is 4.55 Å². The Morgan fingerprint density at radius 3 is 2.61 bits per heavy atom. The predicted octanol–water partition coefficient (Wildman–Crippen LogP) is 3.43. The quantitative estimate of drug-likeness (QED) is 0.861. The second-order valence-electron chi connectivity index (χ2n) is 4.39. The third-order valence-corrected chi connectivity index (χ3v) is 3.91. The molecular formula is C14H16O3S. The summed E-state index contributed by atoms with van der Waals surface area (Å²) in [6.07, 6.45) is 3.23. The van der Waals surface area contributed by atoms with Crippen LogP contribution in [-0.4, -0.2) is 13.0 Å². The van der Waals surface area contributed by atoms with Crippen molar-refractivity contribution in [3.05, 3.63) is 42.0 Å². The third kappa shape index (κ3) is 2.71. The van der Waals surface area contributed by atoms with Crippen molar-refractivity contribution in [3.63, 3.8) is 0 Å². The number of aryl methyl sites for hydroxylation is 1. The van der Waals surface area contributed by atoms with Gasteiger partial charge >= 0.3 is 0 Å². The molecule has 0 atom stereocenters. The number of rotatable bonds is 4. The van der Waals surface area contributed by atoms with E-state index in [0.29, 0.717) is 5.39 Å². The molecule has 1 N–H and O–H groups in total. The average Bonchev–Trinajstić information content (AvgIpc) is 2.34. The molecular weight excluding hydrogens is 248 g/mol. The van der Waals surface area contributed by atoms with Gasteiger partial charge in [0.1, 0.15) is 4.90 Å². The summed E-state index contributed by atoms with van der Waals surface area (Å²) >= 11 is 0. The molecule has 3 nitrogen and oxygen atoms in total. The fourth-order valence-corrected chi connectivity index (χ4v) is 2.78. The van der Waals surface area contributed by atoms with Gasteiger partial charge in [-0.05, 0) is 29.9 Å². The van der Waals surface area contributed by atoms with E-state index in [-0.39, 0.29) is 4.90 Å². The van der Waals surface area contributed by atoms with Crippen LogP contribution >= 0.6 is 0 Å². The topological polar surface area (TPSA) is 54.4 Å². The van der Waals surface area contributed by atoms with Gasteiger partial charge < -0.3 is 0 Å². The Bertz CT molecular complexity index is 660. The van der Waals surface area contributed by atoms with Crippen molar-refractivity contribution in [2.75, 3.05) is 0 Å². The first kappa shape index (κ1) is 13.1.